The quantitative estimate of drug-likeness (QED) is 0.439. The molecule has 0 aliphatic carbocycles. The van der Waals surface area contributed by atoms with E-state index in [9.17, 15) is 22.8 Å². The van der Waals surface area contributed by atoms with Crippen LogP contribution in [0.3, 0.4) is 0 Å². The van der Waals surface area contributed by atoms with Crippen LogP contribution >= 0.6 is 0 Å². The zero-order valence-corrected chi connectivity index (χ0v) is 16.9. The molecule has 1 atom stereocenters. The van der Waals surface area contributed by atoms with Gasteiger partial charge in [-0.15, -0.1) is 0 Å². The highest BCUT2D eigenvalue weighted by atomic mass is 28.4. The van der Waals surface area contributed by atoms with E-state index in [0.717, 1.165) is 0 Å². The van der Waals surface area contributed by atoms with E-state index in [0.29, 0.717) is 0 Å². The van der Waals surface area contributed by atoms with Crippen molar-refractivity contribution in [2.75, 3.05) is 13.2 Å². The van der Waals surface area contributed by atoms with Gasteiger partial charge in [0.25, 0.3) is 0 Å². The Hall–Kier alpha value is -1.09. The summed E-state index contributed by atoms with van der Waals surface area (Å²) in [5, 5.41) is 0. The fourth-order valence-corrected chi connectivity index (χ4v) is 8.80. The number of ether oxygens (including phenoxy) is 2. The fourth-order valence-electron chi connectivity index (χ4n) is 3.27. The van der Waals surface area contributed by atoms with Gasteiger partial charge >= 0.3 is 18.1 Å². The lowest BCUT2D eigenvalue weighted by molar-refractivity contribution is -0.202. The van der Waals surface area contributed by atoms with Gasteiger partial charge in [0.15, 0.2) is 0 Å². The SMILES string of the molecule is CC(=O)OC[C@H](COC(=O)C(F)(F)F)O[Si](C(C)C)(C(C)C)C(C)C. The van der Waals surface area contributed by atoms with Crippen molar-refractivity contribution in [3.05, 3.63) is 0 Å². The van der Waals surface area contributed by atoms with E-state index in [4.69, 9.17) is 9.16 Å². The van der Waals surface area contributed by atoms with E-state index in [2.05, 4.69) is 4.74 Å². The highest BCUT2D eigenvalue weighted by Gasteiger charge is 2.47. The van der Waals surface area contributed by atoms with Crippen LogP contribution in [0.25, 0.3) is 0 Å². The number of hydrogen-bond acceptors (Lipinski definition) is 5. The maximum absolute atomic E-state index is 12.3. The molecule has 0 amide bonds. The Bertz CT molecular complexity index is 428. The van der Waals surface area contributed by atoms with Gasteiger partial charge in [0.2, 0.25) is 8.32 Å². The predicted molar refractivity (Wildman–Crippen MR) is 89.6 cm³/mol. The molecule has 0 radical (unpaired) electrons. The Morgan fingerprint density at radius 1 is 0.880 bits per heavy atom. The molecule has 0 aromatic carbocycles. The zero-order valence-electron chi connectivity index (χ0n) is 15.9. The molecule has 0 N–H and O–H groups in total. The van der Waals surface area contributed by atoms with Gasteiger partial charge in [-0.3, -0.25) is 4.79 Å². The van der Waals surface area contributed by atoms with Crippen molar-refractivity contribution in [3.8, 4) is 0 Å². The molecule has 25 heavy (non-hydrogen) atoms. The summed E-state index contributed by atoms with van der Waals surface area (Å²) in [7, 11) is -2.44. The molecule has 0 aliphatic rings. The van der Waals surface area contributed by atoms with Gasteiger partial charge in [0, 0.05) is 6.92 Å². The number of alkyl halides is 3. The highest BCUT2D eigenvalue weighted by Crippen LogP contribution is 2.43. The molecule has 0 saturated heterocycles. The number of rotatable bonds is 9. The summed E-state index contributed by atoms with van der Waals surface area (Å²) in [6.45, 7) is 12.4. The second kappa shape index (κ2) is 9.56. The van der Waals surface area contributed by atoms with Crippen LogP contribution < -0.4 is 0 Å². The van der Waals surface area contributed by atoms with Crippen molar-refractivity contribution in [1.82, 2.24) is 0 Å². The predicted octanol–water partition coefficient (Wildman–Crippen LogP) is 4.22. The Morgan fingerprint density at radius 3 is 1.60 bits per heavy atom. The lowest BCUT2D eigenvalue weighted by Crippen LogP contribution is -2.52. The van der Waals surface area contributed by atoms with E-state index >= 15 is 0 Å². The average Bonchev–Trinajstić information content (AvgIpc) is 2.43. The normalized spacial score (nSPS) is 14.1. The summed E-state index contributed by atoms with van der Waals surface area (Å²) in [4.78, 5) is 22.0. The molecule has 0 spiro atoms. The number of hydrogen-bond donors (Lipinski definition) is 0. The number of carbonyl (C=O) groups is 2. The lowest BCUT2D eigenvalue weighted by atomic mass is 10.4. The molecule has 0 unspecified atom stereocenters. The van der Waals surface area contributed by atoms with Crippen molar-refractivity contribution in [2.24, 2.45) is 0 Å². The van der Waals surface area contributed by atoms with Gasteiger partial charge in [0.05, 0.1) is 0 Å². The minimum Gasteiger partial charge on any atom is -0.463 e. The van der Waals surface area contributed by atoms with Crippen LogP contribution in [0.15, 0.2) is 0 Å². The molecule has 0 bridgehead atoms. The third-order valence-corrected chi connectivity index (χ3v) is 10.3. The summed E-state index contributed by atoms with van der Waals surface area (Å²) >= 11 is 0. The molecule has 0 heterocycles. The van der Waals surface area contributed by atoms with Gasteiger partial charge in [-0.25, -0.2) is 4.79 Å². The lowest BCUT2D eigenvalue weighted by Gasteiger charge is -2.44. The molecule has 0 saturated carbocycles. The van der Waals surface area contributed by atoms with E-state index < -0.39 is 39.1 Å². The Morgan fingerprint density at radius 2 is 1.28 bits per heavy atom. The summed E-state index contributed by atoms with van der Waals surface area (Å²) in [5.74, 6) is -2.86. The van der Waals surface area contributed by atoms with Crippen molar-refractivity contribution >= 4 is 20.3 Å². The summed E-state index contributed by atoms with van der Waals surface area (Å²) in [6, 6.07) is 0. The second-order valence-electron chi connectivity index (χ2n) is 6.96. The molecular formula is C16H29F3O5Si. The summed E-state index contributed by atoms with van der Waals surface area (Å²) in [5.41, 5.74) is 0.516. The van der Waals surface area contributed by atoms with Gasteiger partial charge in [-0.1, -0.05) is 41.5 Å². The summed E-state index contributed by atoms with van der Waals surface area (Å²) in [6.07, 6.45) is -6.01. The maximum atomic E-state index is 12.3. The molecule has 0 rings (SSSR count). The standard InChI is InChI=1S/C16H29F3O5Si/c1-10(2)25(11(3)4,12(5)6)24-14(8-22-13(7)20)9-23-15(21)16(17,18)19/h10-12,14H,8-9H2,1-7H3/t14-/m1/s1. The van der Waals surface area contributed by atoms with E-state index in [-0.39, 0.29) is 23.2 Å². The van der Waals surface area contributed by atoms with Crippen molar-refractivity contribution < 1.29 is 36.7 Å². The minimum absolute atomic E-state index is 0.172. The van der Waals surface area contributed by atoms with Crippen LogP contribution in [0.1, 0.15) is 48.5 Å². The smallest absolute Gasteiger partial charge is 0.463 e. The molecule has 9 heteroatoms. The number of halogens is 3. The molecule has 5 nitrogen and oxygen atoms in total. The zero-order chi connectivity index (χ0) is 20.0. The van der Waals surface area contributed by atoms with E-state index in [1.807, 2.05) is 41.5 Å². The van der Waals surface area contributed by atoms with Crippen LogP contribution in [-0.4, -0.2) is 45.8 Å². The van der Waals surface area contributed by atoms with Gasteiger partial charge < -0.3 is 13.9 Å². The minimum atomic E-state index is -5.07. The molecule has 0 aromatic heterocycles. The first-order valence-corrected chi connectivity index (χ1v) is 10.4. The topological polar surface area (TPSA) is 61.8 Å². The summed E-state index contributed by atoms with van der Waals surface area (Å²) < 4.78 is 52.5. The maximum Gasteiger partial charge on any atom is 0.490 e. The molecular weight excluding hydrogens is 357 g/mol. The van der Waals surface area contributed by atoms with Gasteiger partial charge in [-0.05, 0) is 16.6 Å². The fraction of sp³-hybridized carbons (Fsp3) is 0.875. The van der Waals surface area contributed by atoms with Gasteiger partial charge in [-0.2, -0.15) is 13.2 Å². The third kappa shape index (κ3) is 6.97. The Kier molecular flexibility index (Phi) is 9.14. The van der Waals surface area contributed by atoms with Crippen molar-refractivity contribution in [2.45, 2.75) is 77.4 Å². The molecule has 0 fully saturated rings. The van der Waals surface area contributed by atoms with E-state index in [1.54, 1.807) is 0 Å². The van der Waals surface area contributed by atoms with Crippen molar-refractivity contribution in [3.63, 3.8) is 0 Å². The average molecular weight is 386 g/mol. The molecule has 148 valence electrons. The van der Waals surface area contributed by atoms with Crippen LogP contribution in [0, 0.1) is 0 Å². The second-order valence-corrected chi connectivity index (χ2v) is 12.4. The first kappa shape index (κ1) is 23.9. The number of esters is 2. The van der Waals surface area contributed by atoms with E-state index in [1.165, 1.54) is 6.92 Å². The Labute approximate surface area is 148 Å². The third-order valence-electron chi connectivity index (χ3n) is 4.18. The first-order chi connectivity index (χ1) is 11.2. The first-order valence-electron chi connectivity index (χ1n) is 8.30. The Balaban J connectivity index is 5.37. The molecule has 0 aliphatic heterocycles. The van der Waals surface area contributed by atoms with Crippen molar-refractivity contribution in [1.29, 1.82) is 0 Å². The molecule has 0 aromatic rings. The van der Waals surface area contributed by atoms with Gasteiger partial charge in [0.1, 0.15) is 19.3 Å². The van der Waals surface area contributed by atoms with Crippen LogP contribution in [-0.2, 0) is 23.5 Å². The van der Waals surface area contributed by atoms with Crippen LogP contribution in [0.5, 0.6) is 0 Å². The monoisotopic (exact) mass is 386 g/mol. The number of carbonyl (C=O) groups excluding carboxylic acids is 2. The largest absolute Gasteiger partial charge is 0.490 e. The van der Waals surface area contributed by atoms with Crippen LogP contribution in [0.4, 0.5) is 13.2 Å². The van der Waals surface area contributed by atoms with Crippen LogP contribution in [0.2, 0.25) is 16.6 Å². The highest BCUT2D eigenvalue weighted by molar-refractivity contribution is 6.77.